The van der Waals surface area contributed by atoms with E-state index in [2.05, 4.69) is 5.32 Å². The highest BCUT2D eigenvalue weighted by Crippen LogP contribution is 2.45. The summed E-state index contributed by atoms with van der Waals surface area (Å²) in [6, 6.07) is 13.4. The molecule has 2 aromatic carbocycles. The summed E-state index contributed by atoms with van der Waals surface area (Å²) in [6.45, 7) is 0. The molecule has 1 saturated heterocycles. The Balaban J connectivity index is 2.02. The standard InChI is InChI=1S/C15H10N2O3/c18-14-13-9-5-1-3-7-11(9)20-12-8-4-2-6-10(12)17(13)15(19)16-14/h1-8,13H,(H,16,18,19). The van der Waals surface area contributed by atoms with E-state index < -0.39 is 12.1 Å². The van der Waals surface area contributed by atoms with Crippen LogP contribution in [0.4, 0.5) is 10.5 Å². The van der Waals surface area contributed by atoms with Crippen molar-refractivity contribution < 1.29 is 14.3 Å². The molecule has 4 rings (SSSR count). The summed E-state index contributed by atoms with van der Waals surface area (Å²) in [5, 5.41) is 2.36. The lowest BCUT2D eigenvalue weighted by Crippen LogP contribution is -2.29. The highest BCUT2D eigenvalue weighted by atomic mass is 16.5. The molecule has 1 N–H and O–H groups in total. The number of urea groups is 1. The number of fused-ring (bicyclic) bond motifs is 5. The molecule has 2 aliphatic heterocycles. The molecule has 0 aliphatic carbocycles. The van der Waals surface area contributed by atoms with Crippen LogP contribution in [0, 0.1) is 0 Å². The minimum Gasteiger partial charge on any atom is -0.455 e. The van der Waals surface area contributed by atoms with Crippen molar-refractivity contribution in [2.24, 2.45) is 0 Å². The molecule has 98 valence electrons. The maximum atomic E-state index is 12.1. The highest BCUT2D eigenvalue weighted by Gasteiger charge is 2.44. The van der Waals surface area contributed by atoms with E-state index >= 15 is 0 Å². The van der Waals surface area contributed by atoms with E-state index in [1.165, 1.54) is 4.90 Å². The molecule has 5 heteroatoms. The van der Waals surface area contributed by atoms with Gasteiger partial charge in [0.1, 0.15) is 11.8 Å². The predicted octanol–water partition coefficient (Wildman–Crippen LogP) is 2.59. The van der Waals surface area contributed by atoms with E-state index in [0.717, 1.165) is 0 Å². The van der Waals surface area contributed by atoms with Gasteiger partial charge in [0, 0.05) is 5.56 Å². The van der Waals surface area contributed by atoms with Crippen LogP contribution in [-0.4, -0.2) is 11.9 Å². The third kappa shape index (κ3) is 1.37. The second kappa shape index (κ2) is 3.84. The van der Waals surface area contributed by atoms with Gasteiger partial charge >= 0.3 is 6.03 Å². The summed E-state index contributed by atoms with van der Waals surface area (Å²) in [5.74, 6) is 0.826. The van der Waals surface area contributed by atoms with Crippen molar-refractivity contribution in [3.63, 3.8) is 0 Å². The second-order valence-corrected chi connectivity index (χ2v) is 4.67. The smallest absolute Gasteiger partial charge is 0.329 e. The van der Waals surface area contributed by atoms with E-state index in [1.54, 1.807) is 24.3 Å². The minimum atomic E-state index is -0.678. The third-order valence-electron chi connectivity index (χ3n) is 3.51. The van der Waals surface area contributed by atoms with E-state index in [-0.39, 0.29) is 5.91 Å². The quantitative estimate of drug-likeness (QED) is 0.745. The number of hydrogen-bond donors (Lipinski definition) is 1. The molecule has 3 amide bonds. The number of anilines is 1. The molecule has 20 heavy (non-hydrogen) atoms. The first-order valence-electron chi connectivity index (χ1n) is 6.25. The number of ether oxygens (including phenoxy) is 1. The Kier molecular flexibility index (Phi) is 2.12. The summed E-state index contributed by atoms with van der Waals surface area (Å²) < 4.78 is 5.86. The van der Waals surface area contributed by atoms with Crippen molar-refractivity contribution in [3.05, 3.63) is 54.1 Å². The lowest BCUT2D eigenvalue weighted by Gasteiger charge is -2.19. The van der Waals surface area contributed by atoms with Crippen LogP contribution in [0.25, 0.3) is 0 Å². The molecule has 0 radical (unpaired) electrons. The van der Waals surface area contributed by atoms with Gasteiger partial charge in [0.25, 0.3) is 5.91 Å². The fraction of sp³-hybridized carbons (Fsp3) is 0.0667. The first-order valence-corrected chi connectivity index (χ1v) is 6.25. The molecular formula is C15H10N2O3. The minimum absolute atomic E-state index is 0.331. The van der Waals surface area contributed by atoms with E-state index in [4.69, 9.17) is 4.74 Å². The van der Waals surface area contributed by atoms with Crippen LogP contribution >= 0.6 is 0 Å². The predicted molar refractivity (Wildman–Crippen MR) is 71.7 cm³/mol. The van der Waals surface area contributed by atoms with Gasteiger partial charge in [-0.25, -0.2) is 4.79 Å². The van der Waals surface area contributed by atoms with Gasteiger partial charge in [-0.1, -0.05) is 30.3 Å². The molecule has 1 unspecified atom stereocenters. The number of benzene rings is 2. The van der Waals surface area contributed by atoms with E-state index in [1.807, 2.05) is 24.3 Å². The molecule has 5 nitrogen and oxygen atoms in total. The summed E-state index contributed by atoms with van der Waals surface area (Å²) >= 11 is 0. The SMILES string of the molecule is O=C1NC(=O)N2c3ccccc3Oc3ccccc3C12. The van der Waals surface area contributed by atoms with Gasteiger partial charge in [-0.2, -0.15) is 0 Å². The molecule has 2 aliphatic rings. The fourth-order valence-corrected chi connectivity index (χ4v) is 2.66. The van der Waals surface area contributed by atoms with Gasteiger partial charge in [-0.3, -0.25) is 15.0 Å². The summed E-state index contributed by atoms with van der Waals surface area (Å²) in [4.78, 5) is 25.6. The lowest BCUT2D eigenvalue weighted by molar-refractivity contribution is -0.119. The average molecular weight is 266 g/mol. The van der Waals surface area contributed by atoms with Crippen LogP contribution in [0.15, 0.2) is 48.5 Å². The number of nitrogens with one attached hydrogen (secondary N) is 1. The molecule has 0 aromatic heterocycles. The van der Waals surface area contributed by atoms with Gasteiger partial charge in [0.05, 0.1) is 5.69 Å². The van der Waals surface area contributed by atoms with Crippen molar-refractivity contribution in [1.82, 2.24) is 5.32 Å². The van der Waals surface area contributed by atoms with Crippen LogP contribution < -0.4 is 15.0 Å². The Morgan fingerprint density at radius 3 is 2.50 bits per heavy atom. The van der Waals surface area contributed by atoms with Crippen molar-refractivity contribution in [1.29, 1.82) is 0 Å². The van der Waals surface area contributed by atoms with E-state index in [9.17, 15) is 9.59 Å². The number of carbonyl (C=O) groups is 2. The first kappa shape index (κ1) is 11.0. The fourth-order valence-electron chi connectivity index (χ4n) is 2.66. The Bertz CT molecular complexity index is 680. The Morgan fingerprint density at radius 1 is 0.950 bits per heavy atom. The van der Waals surface area contributed by atoms with Crippen molar-refractivity contribution in [3.8, 4) is 11.5 Å². The maximum Gasteiger partial charge on any atom is 0.329 e. The van der Waals surface area contributed by atoms with Crippen molar-refractivity contribution in [2.75, 3.05) is 4.90 Å². The molecule has 1 fully saturated rings. The van der Waals surface area contributed by atoms with Crippen LogP contribution in [0.3, 0.4) is 0 Å². The zero-order valence-corrected chi connectivity index (χ0v) is 10.4. The Morgan fingerprint density at radius 2 is 1.65 bits per heavy atom. The summed E-state index contributed by atoms with van der Waals surface area (Å²) in [7, 11) is 0. The zero-order valence-electron chi connectivity index (χ0n) is 10.4. The average Bonchev–Trinajstić information content (AvgIpc) is 2.67. The number of rotatable bonds is 0. The number of amides is 3. The highest BCUT2D eigenvalue weighted by molar-refractivity contribution is 6.15. The normalized spacial score (nSPS) is 19.4. The van der Waals surface area contributed by atoms with E-state index in [0.29, 0.717) is 22.7 Å². The molecule has 1 atom stereocenters. The molecule has 0 saturated carbocycles. The van der Waals surface area contributed by atoms with Crippen LogP contribution in [0.5, 0.6) is 11.5 Å². The summed E-state index contributed by atoms with van der Waals surface area (Å²) in [5.41, 5.74) is 1.28. The number of imide groups is 1. The van der Waals surface area contributed by atoms with Gasteiger partial charge in [0.2, 0.25) is 0 Å². The lowest BCUT2D eigenvalue weighted by atomic mass is 10.0. The van der Waals surface area contributed by atoms with Crippen molar-refractivity contribution in [2.45, 2.75) is 6.04 Å². The zero-order chi connectivity index (χ0) is 13.7. The molecule has 0 bridgehead atoms. The van der Waals surface area contributed by atoms with Crippen LogP contribution in [0.2, 0.25) is 0 Å². The van der Waals surface area contributed by atoms with Crippen LogP contribution in [0.1, 0.15) is 11.6 Å². The number of nitrogens with zero attached hydrogens (tertiary/aromatic N) is 1. The van der Waals surface area contributed by atoms with Crippen molar-refractivity contribution >= 4 is 17.6 Å². The van der Waals surface area contributed by atoms with Gasteiger partial charge in [0.15, 0.2) is 5.75 Å². The molecular weight excluding hydrogens is 256 g/mol. The van der Waals surface area contributed by atoms with Gasteiger partial charge in [-0.05, 0) is 18.2 Å². The number of hydrogen-bond acceptors (Lipinski definition) is 3. The topological polar surface area (TPSA) is 58.6 Å². The third-order valence-corrected chi connectivity index (χ3v) is 3.51. The molecule has 2 heterocycles. The summed E-state index contributed by atoms with van der Waals surface area (Å²) in [6.07, 6.45) is 0. The Hall–Kier alpha value is -2.82. The largest absolute Gasteiger partial charge is 0.455 e. The molecule has 0 spiro atoms. The van der Waals surface area contributed by atoms with Gasteiger partial charge in [-0.15, -0.1) is 0 Å². The number of para-hydroxylation sites is 3. The Labute approximate surface area is 114 Å². The molecule has 2 aromatic rings. The first-order chi connectivity index (χ1) is 9.75. The second-order valence-electron chi connectivity index (χ2n) is 4.67. The number of carbonyl (C=O) groups excluding carboxylic acids is 2. The maximum absolute atomic E-state index is 12.1. The monoisotopic (exact) mass is 266 g/mol. The van der Waals surface area contributed by atoms with Crippen LogP contribution in [-0.2, 0) is 4.79 Å². The van der Waals surface area contributed by atoms with Gasteiger partial charge < -0.3 is 4.74 Å².